The highest BCUT2D eigenvalue weighted by molar-refractivity contribution is 5.78. The number of nitro groups is 1. The van der Waals surface area contributed by atoms with Gasteiger partial charge < -0.3 is 30.0 Å². The minimum atomic E-state index is -1.06. The van der Waals surface area contributed by atoms with E-state index in [1.165, 1.54) is 26.2 Å². The number of nitro benzene ring substituents is 1. The number of aryl methyl sites for hydroxylation is 2. The third-order valence-corrected chi connectivity index (χ3v) is 7.75. The number of amides is 2. The third kappa shape index (κ3) is 8.72. The van der Waals surface area contributed by atoms with Crippen LogP contribution < -0.4 is 24.8 Å². The maximum atomic E-state index is 13.2. The van der Waals surface area contributed by atoms with Crippen molar-refractivity contribution in [3.63, 3.8) is 0 Å². The third-order valence-electron chi connectivity index (χ3n) is 7.75. The molecule has 4 rings (SSSR count). The number of aliphatic hydroxyl groups excluding tert-OH is 1. The summed E-state index contributed by atoms with van der Waals surface area (Å²) >= 11 is 0. The zero-order valence-corrected chi connectivity index (χ0v) is 26.0. The average molecular weight is 620 g/mol. The Bertz CT molecular complexity index is 1510. The van der Waals surface area contributed by atoms with Crippen LogP contribution in [0.4, 0.5) is 5.69 Å². The number of benzene rings is 3. The number of hydrogen-bond donors (Lipinski definition) is 3. The molecule has 3 aromatic rings. The first-order valence-corrected chi connectivity index (χ1v) is 15.3. The van der Waals surface area contributed by atoms with Gasteiger partial charge in [-0.25, -0.2) is 0 Å². The summed E-state index contributed by atoms with van der Waals surface area (Å²) in [5, 5.41) is 27.5. The second kappa shape index (κ2) is 15.9. The van der Waals surface area contributed by atoms with Crippen molar-refractivity contribution in [3.8, 4) is 17.2 Å². The Morgan fingerprint density at radius 3 is 2.49 bits per heavy atom. The van der Waals surface area contributed by atoms with Gasteiger partial charge in [0.25, 0.3) is 11.6 Å². The molecule has 1 aliphatic rings. The van der Waals surface area contributed by atoms with E-state index in [0.717, 1.165) is 47.9 Å². The molecule has 240 valence electrons. The summed E-state index contributed by atoms with van der Waals surface area (Å²) in [5.74, 6) is 0.695. The Labute approximate surface area is 263 Å². The molecule has 3 aromatic carbocycles. The molecule has 2 amide bonds. The molecule has 0 aromatic heterocycles. The molecule has 11 nitrogen and oxygen atoms in total. The molecule has 2 atom stereocenters. The molecule has 0 saturated carbocycles. The molecule has 0 fully saturated rings. The standard InChI is InChI=1S/C34H41N3O8/c1-4-5-16-35-33(40)21-45-25-14-15-27-24(18-25)13-12-23-9-6-7-10-26(23)34(27)36-32(39)11-8-17-44-31-20-29(37(41)42)28(22(2)38)19-30(31)43-3/h6-7,9-10,14-15,18-20,22,34,38H,4-5,8,11-13,16-17,21H2,1-3H3,(H,35,40)(H,36,39). The molecular formula is C34H41N3O8. The molecule has 0 aliphatic heterocycles. The molecule has 0 heterocycles. The summed E-state index contributed by atoms with van der Waals surface area (Å²) in [4.78, 5) is 36.3. The van der Waals surface area contributed by atoms with E-state index in [-0.39, 0.29) is 60.2 Å². The van der Waals surface area contributed by atoms with Gasteiger partial charge in [0.2, 0.25) is 5.91 Å². The second-order valence-electron chi connectivity index (χ2n) is 11.0. The van der Waals surface area contributed by atoms with Gasteiger partial charge >= 0.3 is 0 Å². The van der Waals surface area contributed by atoms with Crippen LogP contribution in [0.5, 0.6) is 17.2 Å². The minimum Gasteiger partial charge on any atom is -0.493 e. The summed E-state index contributed by atoms with van der Waals surface area (Å²) in [7, 11) is 1.41. The number of unbranched alkanes of at least 4 members (excludes halogenated alkanes) is 1. The first-order chi connectivity index (χ1) is 21.7. The van der Waals surface area contributed by atoms with Gasteiger partial charge in [-0.15, -0.1) is 0 Å². The normalized spacial score (nSPS) is 14.3. The number of rotatable bonds is 15. The summed E-state index contributed by atoms with van der Waals surface area (Å²) in [6.07, 6.45) is 2.94. The van der Waals surface area contributed by atoms with Gasteiger partial charge in [-0.3, -0.25) is 19.7 Å². The van der Waals surface area contributed by atoms with Crippen molar-refractivity contribution in [2.75, 3.05) is 26.9 Å². The van der Waals surface area contributed by atoms with E-state index < -0.39 is 11.0 Å². The molecule has 1 aliphatic carbocycles. The first kappa shape index (κ1) is 33.3. The van der Waals surface area contributed by atoms with Crippen LogP contribution in [0.15, 0.2) is 54.6 Å². The summed E-state index contributed by atoms with van der Waals surface area (Å²) in [5.41, 5.74) is 4.04. The Hall–Kier alpha value is -4.64. The fraction of sp³-hybridized carbons (Fsp3) is 0.412. The number of ether oxygens (including phenoxy) is 3. The maximum Gasteiger partial charge on any atom is 0.279 e. The first-order valence-electron chi connectivity index (χ1n) is 15.3. The fourth-order valence-electron chi connectivity index (χ4n) is 5.39. The van der Waals surface area contributed by atoms with E-state index >= 15 is 0 Å². The fourth-order valence-corrected chi connectivity index (χ4v) is 5.39. The zero-order chi connectivity index (χ0) is 32.3. The van der Waals surface area contributed by atoms with Gasteiger partial charge in [-0.2, -0.15) is 0 Å². The predicted octanol–water partition coefficient (Wildman–Crippen LogP) is 5.12. The van der Waals surface area contributed by atoms with Crippen LogP contribution in [0.3, 0.4) is 0 Å². The van der Waals surface area contributed by atoms with Crippen molar-refractivity contribution < 1.29 is 33.8 Å². The van der Waals surface area contributed by atoms with Crippen molar-refractivity contribution in [2.24, 2.45) is 0 Å². The lowest BCUT2D eigenvalue weighted by Crippen LogP contribution is -2.30. The number of hydrogen-bond acceptors (Lipinski definition) is 8. The van der Waals surface area contributed by atoms with Gasteiger partial charge in [0.05, 0.1) is 42.4 Å². The number of nitrogens with one attached hydrogen (secondary N) is 2. The average Bonchev–Trinajstić information content (AvgIpc) is 3.18. The molecule has 3 N–H and O–H groups in total. The van der Waals surface area contributed by atoms with Gasteiger partial charge in [0.1, 0.15) is 5.75 Å². The Balaban J connectivity index is 1.42. The van der Waals surface area contributed by atoms with Crippen LogP contribution in [0.25, 0.3) is 0 Å². The van der Waals surface area contributed by atoms with E-state index in [1.54, 1.807) is 0 Å². The maximum absolute atomic E-state index is 13.2. The van der Waals surface area contributed by atoms with Crippen LogP contribution in [-0.4, -0.2) is 48.7 Å². The monoisotopic (exact) mass is 619 g/mol. The van der Waals surface area contributed by atoms with Crippen molar-refractivity contribution in [1.29, 1.82) is 0 Å². The van der Waals surface area contributed by atoms with Crippen LogP contribution in [0, 0.1) is 10.1 Å². The SMILES string of the molecule is CCCCNC(=O)COc1ccc2c(c1)CCc1ccccc1C2NC(=O)CCCOc1cc([N+](=O)[O-])c(C(C)O)cc1OC. The largest absolute Gasteiger partial charge is 0.493 e. The second-order valence-corrected chi connectivity index (χ2v) is 11.0. The minimum absolute atomic E-state index is 0.0606. The van der Waals surface area contributed by atoms with Crippen LogP contribution in [0.2, 0.25) is 0 Å². The van der Waals surface area contributed by atoms with Crippen molar-refractivity contribution in [2.45, 2.75) is 64.5 Å². The van der Waals surface area contributed by atoms with E-state index in [1.807, 2.05) is 36.4 Å². The van der Waals surface area contributed by atoms with E-state index in [0.29, 0.717) is 18.7 Å². The molecule has 0 bridgehead atoms. The summed E-state index contributed by atoms with van der Waals surface area (Å²) in [6, 6.07) is 16.0. The van der Waals surface area contributed by atoms with Crippen molar-refractivity contribution in [3.05, 3.63) is 92.5 Å². The van der Waals surface area contributed by atoms with E-state index in [9.17, 15) is 24.8 Å². The number of carbonyl (C=O) groups is 2. The zero-order valence-electron chi connectivity index (χ0n) is 26.0. The van der Waals surface area contributed by atoms with Gasteiger partial charge in [0.15, 0.2) is 18.1 Å². The lowest BCUT2D eigenvalue weighted by molar-refractivity contribution is -0.386. The molecule has 2 unspecified atom stereocenters. The van der Waals surface area contributed by atoms with Gasteiger partial charge in [-0.1, -0.05) is 43.7 Å². The predicted molar refractivity (Wildman–Crippen MR) is 169 cm³/mol. The Morgan fingerprint density at radius 2 is 1.76 bits per heavy atom. The summed E-state index contributed by atoms with van der Waals surface area (Å²) in [6.45, 7) is 4.20. The highest BCUT2D eigenvalue weighted by Gasteiger charge is 2.26. The van der Waals surface area contributed by atoms with Crippen LogP contribution >= 0.6 is 0 Å². The summed E-state index contributed by atoms with van der Waals surface area (Å²) < 4.78 is 16.9. The molecule has 11 heteroatoms. The topological polar surface area (TPSA) is 149 Å². The molecular weight excluding hydrogens is 578 g/mol. The lowest BCUT2D eigenvalue weighted by atomic mass is 9.94. The van der Waals surface area contributed by atoms with Crippen molar-refractivity contribution >= 4 is 17.5 Å². The number of methoxy groups -OCH3 is 1. The molecule has 45 heavy (non-hydrogen) atoms. The van der Waals surface area contributed by atoms with E-state index in [2.05, 4.69) is 23.6 Å². The highest BCUT2D eigenvalue weighted by Crippen LogP contribution is 2.38. The number of carbonyl (C=O) groups excluding carboxylic acids is 2. The highest BCUT2D eigenvalue weighted by atomic mass is 16.6. The smallest absolute Gasteiger partial charge is 0.279 e. The lowest BCUT2D eigenvalue weighted by Gasteiger charge is -2.22. The number of aliphatic hydroxyl groups is 1. The number of nitrogens with zero attached hydrogens (tertiary/aromatic N) is 1. The number of fused-ring (bicyclic) bond motifs is 2. The Kier molecular flexibility index (Phi) is 11.7. The molecule has 0 radical (unpaired) electrons. The molecule has 0 spiro atoms. The van der Waals surface area contributed by atoms with E-state index in [4.69, 9.17) is 14.2 Å². The Morgan fingerprint density at radius 1 is 1.00 bits per heavy atom. The molecule has 0 saturated heterocycles. The van der Waals surface area contributed by atoms with Gasteiger partial charge in [0, 0.05) is 13.0 Å². The quantitative estimate of drug-likeness (QED) is 0.121. The van der Waals surface area contributed by atoms with Crippen LogP contribution in [0.1, 0.15) is 79.5 Å². The van der Waals surface area contributed by atoms with Gasteiger partial charge in [-0.05, 0) is 73.1 Å². The van der Waals surface area contributed by atoms with Crippen molar-refractivity contribution in [1.82, 2.24) is 10.6 Å². The van der Waals surface area contributed by atoms with Crippen LogP contribution in [-0.2, 0) is 22.4 Å².